The van der Waals surface area contributed by atoms with E-state index in [1.807, 2.05) is 4.90 Å². The first-order valence-corrected chi connectivity index (χ1v) is 7.00. The van der Waals surface area contributed by atoms with Crippen LogP contribution in [-0.2, 0) is 6.18 Å². The molecule has 0 spiro atoms. The number of hydrogen-bond donors (Lipinski definition) is 2. The third kappa shape index (κ3) is 3.96. The lowest BCUT2D eigenvalue weighted by Gasteiger charge is -2.32. The average molecular weight is 304 g/mol. The highest BCUT2D eigenvalue weighted by Gasteiger charge is 2.34. The third-order valence-corrected chi connectivity index (χ3v) is 3.53. The molecule has 1 aliphatic rings. The number of aromatic nitrogens is 2. The summed E-state index contributed by atoms with van der Waals surface area (Å²) in [6, 6.07) is 0.986. The van der Waals surface area contributed by atoms with E-state index in [1.165, 1.54) is 0 Å². The van der Waals surface area contributed by atoms with Gasteiger partial charge in [-0.25, -0.2) is 4.98 Å². The molecule has 2 N–H and O–H groups in total. The molecule has 1 aromatic rings. The van der Waals surface area contributed by atoms with Crippen molar-refractivity contribution in [1.82, 2.24) is 9.97 Å². The van der Waals surface area contributed by atoms with E-state index in [-0.39, 0.29) is 24.3 Å². The van der Waals surface area contributed by atoms with E-state index < -0.39 is 11.9 Å². The van der Waals surface area contributed by atoms with Crippen molar-refractivity contribution < 1.29 is 18.3 Å². The Kier molecular flexibility index (Phi) is 4.87. The van der Waals surface area contributed by atoms with Crippen LogP contribution in [0.25, 0.3) is 0 Å². The second kappa shape index (κ2) is 6.46. The van der Waals surface area contributed by atoms with E-state index >= 15 is 0 Å². The number of nitrogens with zero attached hydrogens (tertiary/aromatic N) is 3. The monoisotopic (exact) mass is 304 g/mol. The van der Waals surface area contributed by atoms with E-state index in [4.69, 9.17) is 5.11 Å². The molecule has 0 atom stereocenters. The van der Waals surface area contributed by atoms with Gasteiger partial charge in [0.1, 0.15) is 5.82 Å². The molecule has 0 unspecified atom stereocenters. The fourth-order valence-electron chi connectivity index (χ4n) is 2.32. The first kappa shape index (κ1) is 15.8. The van der Waals surface area contributed by atoms with Crippen molar-refractivity contribution in [3.8, 4) is 0 Å². The van der Waals surface area contributed by atoms with Crippen LogP contribution in [0.4, 0.5) is 24.9 Å². The van der Waals surface area contributed by atoms with Gasteiger partial charge in [0.25, 0.3) is 0 Å². The molecule has 8 heteroatoms. The number of rotatable bonds is 4. The topological polar surface area (TPSA) is 61.3 Å². The van der Waals surface area contributed by atoms with Gasteiger partial charge in [0.15, 0.2) is 5.69 Å². The lowest BCUT2D eigenvalue weighted by molar-refractivity contribution is -0.141. The zero-order valence-electron chi connectivity index (χ0n) is 11.8. The maximum absolute atomic E-state index is 12.9. The summed E-state index contributed by atoms with van der Waals surface area (Å²) in [7, 11) is 0. The number of aliphatic hydroxyl groups is 1. The Morgan fingerprint density at radius 2 is 2.00 bits per heavy atom. The van der Waals surface area contributed by atoms with Crippen molar-refractivity contribution in [2.75, 3.05) is 36.5 Å². The highest BCUT2D eigenvalue weighted by atomic mass is 19.4. The molecule has 1 fully saturated rings. The first-order valence-electron chi connectivity index (χ1n) is 7.00. The smallest absolute Gasteiger partial charge is 0.396 e. The summed E-state index contributed by atoms with van der Waals surface area (Å²) >= 11 is 0. The number of hydrogen-bond acceptors (Lipinski definition) is 5. The van der Waals surface area contributed by atoms with E-state index in [0.717, 1.165) is 18.9 Å². The van der Waals surface area contributed by atoms with Crippen LogP contribution in [0.2, 0.25) is 0 Å². The molecule has 1 aromatic heterocycles. The Labute approximate surface area is 121 Å². The maximum Gasteiger partial charge on any atom is 0.433 e. The van der Waals surface area contributed by atoms with Crippen LogP contribution < -0.4 is 10.2 Å². The molecule has 0 aromatic carbocycles. The quantitative estimate of drug-likeness (QED) is 0.892. The van der Waals surface area contributed by atoms with Crippen molar-refractivity contribution in [1.29, 1.82) is 0 Å². The van der Waals surface area contributed by atoms with E-state index in [2.05, 4.69) is 15.3 Å². The molecular formula is C13H19F3N4O. The second-order valence-electron chi connectivity index (χ2n) is 5.08. The summed E-state index contributed by atoms with van der Waals surface area (Å²) in [4.78, 5) is 9.47. The summed E-state index contributed by atoms with van der Waals surface area (Å²) in [6.07, 6.45) is -3.00. The van der Waals surface area contributed by atoms with Crippen molar-refractivity contribution >= 4 is 11.8 Å². The highest BCUT2D eigenvalue weighted by molar-refractivity contribution is 5.46. The van der Waals surface area contributed by atoms with Gasteiger partial charge in [-0.05, 0) is 25.7 Å². The molecule has 1 aliphatic heterocycles. The van der Waals surface area contributed by atoms with Crippen LogP contribution in [0.5, 0.6) is 0 Å². The van der Waals surface area contributed by atoms with Crippen LogP contribution >= 0.6 is 0 Å². The fraction of sp³-hybridized carbons (Fsp3) is 0.692. The van der Waals surface area contributed by atoms with Gasteiger partial charge in [0, 0.05) is 32.3 Å². The third-order valence-electron chi connectivity index (χ3n) is 3.53. The van der Waals surface area contributed by atoms with Gasteiger partial charge in [0.05, 0.1) is 0 Å². The van der Waals surface area contributed by atoms with Crippen molar-refractivity contribution in [2.24, 2.45) is 5.92 Å². The van der Waals surface area contributed by atoms with Gasteiger partial charge in [-0.15, -0.1) is 0 Å². The molecule has 118 valence electrons. The number of piperidine rings is 1. The summed E-state index contributed by atoms with van der Waals surface area (Å²) in [6.45, 7) is 3.52. The Bertz CT molecular complexity index is 473. The molecule has 2 heterocycles. The normalized spacial score (nSPS) is 17.1. The molecule has 0 saturated carbocycles. The summed E-state index contributed by atoms with van der Waals surface area (Å²) in [5, 5.41) is 11.8. The Hall–Kier alpha value is -1.57. The molecule has 0 amide bonds. The number of nitrogens with one attached hydrogen (secondary N) is 1. The Morgan fingerprint density at radius 3 is 2.52 bits per heavy atom. The first-order chi connectivity index (χ1) is 9.94. The Balaban J connectivity index is 2.24. The maximum atomic E-state index is 12.9. The molecule has 0 aliphatic carbocycles. The van der Waals surface area contributed by atoms with E-state index in [1.54, 1.807) is 6.92 Å². The van der Waals surface area contributed by atoms with Gasteiger partial charge in [-0.3, -0.25) is 0 Å². The highest BCUT2D eigenvalue weighted by Crippen LogP contribution is 2.31. The van der Waals surface area contributed by atoms with E-state index in [9.17, 15) is 13.2 Å². The minimum Gasteiger partial charge on any atom is -0.396 e. The van der Waals surface area contributed by atoms with Gasteiger partial charge in [-0.1, -0.05) is 0 Å². The molecule has 0 bridgehead atoms. The fourth-order valence-corrected chi connectivity index (χ4v) is 2.32. The second-order valence-corrected chi connectivity index (χ2v) is 5.08. The molecule has 1 saturated heterocycles. The van der Waals surface area contributed by atoms with E-state index in [0.29, 0.717) is 19.6 Å². The van der Waals surface area contributed by atoms with Crippen LogP contribution in [-0.4, -0.2) is 41.3 Å². The van der Waals surface area contributed by atoms with Crippen LogP contribution in [0.1, 0.15) is 25.5 Å². The molecule has 2 rings (SSSR count). The number of anilines is 2. The van der Waals surface area contributed by atoms with Crippen molar-refractivity contribution in [3.05, 3.63) is 11.8 Å². The average Bonchev–Trinajstić information content (AvgIpc) is 2.46. The lowest BCUT2D eigenvalue weighted by atomic mass is 9.98. The molecular weight excluding hydrogens is 285 g/mol. The summed E-state index contributed by atoms with van der Waals surface area (Å²) < 4.78 is 38.7. The van der Waals surface area contributed by atoms with Crippen molar-refractivity contribution in [3.63, 3.8) is 0 Å². The summed E-state index contributed by atoms with van der Waals surface area (Å²) in [5.74, 6) is 0.495. The number of alkyl halides is 3. The molecule has 0 radical (unpaired) electrons. The molecule has 21 heavy (non-hydrogen) atoms. The van der Waals surface area contributed by atoms with Gasteiger partial charge < -0.3 is 15.3 Å². The minimum absolute atomic E-state index is 0.00777. The SMILES string of the molecule is CCNc1nc(N2CCC(CO)CC2)cc(C(F)(F)F)n1. The predicted octanol–water partition coefficient (Wildman–Crippen LogP) is 2.14. The van der Waals surface area contributed by atoms with Crippen LogP contribution in [0.15, 0.2) is 6.07 Å². The zero-order chi connectivity index (χ0) is 15.5. The van der Waals surface area contributed by atoms with Crippen molar-refractivity contribution in [2.45, 2.75) is 25.9 Å². The lowest BCUT2D eigenvalue weighted by Crippen LogP contribution is -2.35. The molecule has 5 nitrogen and oxygen atoms in total. The van der Waals surface area contributed by atoms with Gasteiger partial charge >= 0.3 is 6.18 Å². The standard InChI is InChI=1S/C13H19F3N4O/c1-2-17-12-18-10(13(14,15)16)7-11(19-12)20-5-3-9(8-21)4-6-20/h7,9,21H,2-6,8H2,1H3,(H,17,18,19). The largest absolute Gasteiger partial charge is 0.433 e. The minimum atomic E-state index is -4.49. The Morgan fingerprint density at radius 1 is 1.33 bits per heavy atom. The number of aliphatic hydroxyl groups excluding tert-OH is 1. The van der Waals surface area contributed by atoms with Crippen LogP contribution in [0.3, 0.4) is 0 Å². The predicted molar refractivity (Wildman–Crippen MR) is 73.2 cm³/mol. The zero-order valence-corrected chi connectivity index (χ0v) is 11.8. The van der Waals surface area contributed by atoms with Gasteiger partial charge in [0.2, 0.25) is 5.95 Å². The number of halogens is 3. The van der Waals surface area contributed by atoms with Crippen LogP contribution in [0, 0.1) is 5.92 Å². The summed E-state index contributed by atoms with van der Waals surface area (Å²) in [5.41, 5.74) is -0.937. The van der Waals surface area contributed by atoms with Gasteiger partial charge in [-0.2, -0.15) is 18.2 Å².